The van der Waals surface area contributed by atoms with Gasteiger partial charge in [-0.2, -0.15) is 18.2 Å². The highest BCUT2D eigenvalue weighted by Gasteiger charge is 2.30. The van der Waals surface area contributed by atoms with Crippen LogP contribution in [-0.2, 0) is 13.2 Å². The Balaban J connectivity index is 0.00000100. The second-order valence-electron chi connectivity index (χ2n) is 4.60. The van der Waals surface area contributed by atoms with Crippen molar-refractivity contribution < 1.29 is 13.2 Å². The Hall–Kier alpha value is -2.35. The minimum atomic E-state index is -4.41. The third kappa shape index (κ3) is 3.28. The lowest BCUT2D eigenvalue weighted by Gasteiger charge is -2.06. The first-order valence-electron chi connectivity index (χ1n) is 7.07. The second kappa shape index (κ2) is 6.64. The molecule has 128 valence electrons. The number of alkyl halides is 3. The lowest BCUT2D eigenvalue weighted by molar-refractivity contribution is -0.137. The van der Waals surface area contributed by atoms with Gasteiger partial charge in [0.25, 0.3) is 5.56 Å². The number of benzene rings is 1. The van der Waals surface area contributed by atoms with E-state index in [1.54, 1.807) is 0 Å². The number of fused-ring (bicyclic) bond motifs is 1. The molecule has 24 heavy (non-hydrogen) atoms. The van der Waals surface area contributed by atoms with Gasteiger partial charge in [0.15, 0.2) is 11.2 Å². The summed E-state index contributed by atoms with van der Waals surface area (Å²) in [7, 11) is 1.45. The van der Waals surface area contributed by atoms with E-state index in [-0.39, 0.29) is 22.3 Å². The molecule has 1 aromatic carbocycles. The monoisotopic (exact) mass is 358 g/mol. The van der Waals surface area contributed by atoms with Gasteiger partial charge in [0, 0.05) is 12.6 Å². The molecule has 0 saturated heterocycles. The molecule has 5 nitrogen and oxygen atoms in total. The number of aromatic amines is 1. The Labute approximate surface area is 140 Å². The zero-order chi connectivity index (χ0) is 18.1. The van der Waals surface area contributed by atoms with E-state index in [1.807, 2.05) is 13.8 Å². The van der Waals surface area contributed by atoms with Crippen molar-refractivity contribution >= 4 is 22.8 Å². The number of aromatic nitrogens is 4. The summed E-state index contributed by atoms with van der Waals surface area (Å²) in [5.41, 5.74) is -0.515. The number of H-pyrrole nitrogens is 1. The maximum atomic E-state index is 12.5. The van der Waals surface area contributed by atoms with Gasteiger partial charge in [-0.3, -0.25) is 9.36 Å². The summed E-state index contributed by atoms with van der Waals surface area (Å²) in [6.45, 7) is 4.00. The van der Waals surface area contributed by atoms with Crippen LogP contribution in [0, 0.1) is 0 Å². The Bertz CT molecular complexity index is 913. The SMILES string of the molecule is CC.Cn1c(Cl)nc2nc(-c3ccc(C(F)(F)F)cc3)[nH]c2c1=O. The molecule has 0 bridgehead atoms. The quantitative estimate of drug-likeness (QED) is 0.668. The lowest BCUT2D eigenvalue weighted by Crippen LogP contribution is -2.18. The average Bonchev–Trinajstić information content (AvgIpc) is 2.98. The molecule has 0 saturated carbocycles. The van der Waals surface area contributed by atoms with E-state index in [0.717, 1.165) is 16.7 Å². The summed E-state index contributed by atoms with van der Waals surface area (Å²) in [6, 6.07) is 4.43. The average molecular weight is 359 g/mol. The van der Waals surface area contributed by atoms with Gasteiger partial charge in [0.1, 0.15) is 5.82 Å². The molecule has 2 aromatic heterocycles. The van der Waals surface area contributed by atoms with Crippen LogP contribution in [0.4, 0.5) is 13.2 Å². The number of hydrogen-bond acceptors (Lipinski definition) is 3. The summed E-state index contributed by atoms with van der Waals surface area (Å²) < 4.78 is 38.8. The van der Waals surface area contributed by atoms with Crippen LogP contribution < -0.4 is 5.56 Å². The van der Waals surface area contributed by atoms with Crippen LogP contribution in [0.5, 0.6) is 0 Å². The van der Waals surface area contributed by atoms with Crippen LogP contribution in [0.2, 0.25) is 5.28 Å². The van der Waals surface area contributed by atoms with Crippen molar-refractivity contribution in [1.82, 2.24) is 19.5 Å². The summed E-state index contributed by atoms with van der Waals surface area (Å²) in [6.07, 6.45) is -4.41. The molecular formula is C15H14ClF3N4O. The van der Waals surface area contributed by atoms with Crippen LogP contribution >= 0.6 is 11.6 Å². The van der Waals surface area contributed by atoms with Gasteiger partial charge in [-0.1, -0.05) is 26.0 Å². The molecule has 3 aromatic rings. The van der Waals surface area contributed by atoms with Crippen molar-refractivity contribution in [2.75, 3.05) is 0 Å². The maximum Gasteiger partial charge on any atom is 0.416 e. The van der Waals surface area contributed by atoms with Crippen LogP contribution in [0.3, 0.4) is 0 Å². The lowest BCUT2D eigenvalue weighted by atomic mass is 10.1. The van der Waals surface area contributed by atoms with Crippen LogP contribution in [0.25, 0.3) is 22.6 Å². The van der Waals surface area contributed by atoms with Crippen molar-refractivity contribution in [3.05, 3.63) is 45.5 Å². The van der Waals surface area contributed by atoms with Gasteiger partial charge in [0.05, 0.1) is 5.56 Å². The number of imidazole rings is 1. The van der Waals surface area contributed by atoms with Gasteiger partial charge < -0.3 is 4.98 Å². The Morgan fingerprint density at radius 1 is 1.12 bits per heavy atom. The van der Waals surface area contributed by atoms with E-state index >= 15 is 0 Å². The minimum Gasteiger partial charge on any atom is -0.332 e. The van der Waals surface area contributed by atoms with E-state index in [1.165, 1.54) is 19.2 Å². The van der Waals surface area contributed by atoms with E-state index in [2.05, 4.69) is 15.0 Å². The van der Waals surface area contributed by atoms with E-state index in [9.17, 15) is 18.0 Å². The first-order chi connectivity index (χ1) is 11.3. The molecule has 0 radical (unpaired) electrons. The number of hydrogen-bond donors (Lipinski definition) is 1. The Morgan fingerprint density at radius 2 is 1.71 bits per heavy atom. The molecule has 0 atom stereocenters. The van der Waals surface area contributed by atoms with E-state index < -0.39 is 17.3 Å². The van der Waals surface area contributed by atoms with Gasteiger partial charge in [-0.05, 0) is 23.7 Å². The fourth-order valence-electron chi connectivity index (χ4n) is 1.96. The predicted molar refractivity (Wildman–Crippen MR) is 85.9 cm³/mol. The molecule has 0 aliphatic heterocycles. The normalized spacial score (nSPS) is 11.3. The van der Waals surface area contributed by atoms with E-state index in [0.29, 0.717) is 5.56 Å². The molecule has 0 spiro atoms. The molecule has 3 rings (SSSR count). The third-order valence-corrected chi connectivity index (χ3v) is 3.50. The van der Waals surface area contributed by atoms with Gasteiger partial charge in [-0.25, -0.2) is 4.98 Å². The first-order valence-corrected chi connectivity index (χ1v) is 7.45. The molecule has 0 fully saturated rings. The van der Waals surface area contributed by atoms with Crippen molar-refractivity contribution in [3.63, 3.8) is 0 Å². The molecule has 9 heteroatoms. The molecular weight excluding hydrogens is 345 g/mol. The number of halogens is 4. The maximum absolute atomic E-state index is 12.5. The molecule has 0 aliphatic carbocycles. The summed E-state index contributed by atoms with van der Waals surface area (Å²) in [5.74, 6) is 0.246. The number of rotatable bonds is 1. The minimum absolute atomic E-state index is 0.0250. The highest BCUT2D eigenvalue weighted by Crippen LogP contribution is 2.30. The molecule has 0 aliphatic rings. The first kappa shape index (κ1) is 18.0. The smallest absolute Gasteiger partial charge is 0.332 e. The number of nitrogens with one attached hydrogen (secondary N) is 1. The second-order valence-corrected chi connectivity index (χ2v) is 4.94. The van der Waals surface area contributed by atoms with Crippen LogP contribution in [0.15, 0.2) is 29.1 Å². The van der Waals surface area contributed by atoms with Crippen molar-refractivity contribution in [3.8, 4) is 11.4 Å². The Kier molecular flexibility index (Phi) is 4.98. The van der Waals surface area contributed by atoms with Crippen LogP contribution in [0.1, 0.15) is 19.4 Å². The standard InChI is InChI=1S/C13H8ClF3N4O.C2H6/c1-21-11(22)8-10(20-12(21)14)19-9(18-8)6-2-4-7(5-3-6)13(15,16)17;1-2/h2-5H,1H3,(H,18,19);1-2H3. The summed E-state index contributed by atoms with van der Waals surface area (Å²) in [5, 5.41) is -0.0250. The molecule has 1 N–H and O–H groups in total. The highest BCUT2D eigenvalue weighted by atomic mass is 35.5. The van der Waals surface area contributed by atoms with Crippen LogP contribution in [-0.4, -0.2) is 19.5 Å². The van der Waals surface area contributed by atoms with Crippen molar-refractivity contribution in [2.45, 2.75) is 20.0 Å². The fourth-order valence-corrected chi connectivity index (χ4v) is 2.12. The van der Waals surface area contributed by atoms with Gasteiger partial charge >= 0.3 is 6.18 Å². The fraction of sp³-hybridized carbons (Fsp3) is 0.267. The summed E-state index contributed by atoms with van der Waals surface area (Å²) >= 11 is 5.79. The zero-order valence-electron chi connectivity index (χ0n) is 13.1. The predicted octanol–water partition coefficient (Wildman–Crippen LogP) is 4.02. The third-order valence-electron chi connectivity index (χ3n) is 3.16. The van der Waals surface area contributed by atoms with Crippen molar-refractivity contribution in [1.29, 1.82) is 0 Å². The highest BCUT2D eigenvalue weighted by molar-refractivity contribution is 6.28. The molecule has 2 heterocycles. The largest absolute Gasteiger partial charge is 0.416 e. The number of nitrogens with zero attached hydrogens (tertiary/aromatic N) is 3. The van der Waals surface area contributed by atoms with E-state index in [4.69, 9.17) is 11.6 Å². The van der Waals surface area contributed by atoms with Gasteiger partial charge in [-0.15, -0.1) is 0 Å². The molecule has 0 amide bonds. The summed E-state index contributed by atoms with van der Waals surface area (Å²) in [4.78, 5) is 22.8. The van der Waals surface area contributed by atoms with Crippen molar-refractivity contribution in [2.24, 2.45) is 7.05 Å². The molecule has 0 unspecified atom stereocenters. The Morgan fingerprint density at radius 3 is 2.25 bits per heavy atom. The van der Waals surface area contributed by atoms with Gasteiger partial charge in [0.2, 0.25) is 5.28 Å². The zero-order valence-corrected chi connectivity index (χ0v) is 13.8. The topological polar surface area (TPSA) is 63.6 Å².